The van der Waals surface area contributed by atoms with E-state index in [-0.39, 0.29) is 48.7 Å². The quantitative estimate of drug-likeness (QED) is 0.513. The minimum Gasteiger partial charge on any atom is -1.00 e. The normalized spacial score (nSPS) is 7.42. The molecule has 2 aromatic carbocycles. The molecule has 0 heterocycles. The van der Waals surface area contributed by atoms with E-state index in [2.05, 4.69) is 13.0 Å². The van der Waals surface area contributed by atoms with Gasteiger partial charge in [0.15, 0.2) is 0 Å². The van der Waals surface area contributed by atoms with Gasteiger partial charge in [0.2, 0.25) is 0 Å². The molecular weight excluding hydrogens is 386 g/mol. The molecule has 1 nitrogen and oxygen atoms in total. The molecule has 0 unspecified atom stereocenters. The average Bonchev–Trinajstić information content (AvgIpc) is 2.40. The van der Waals surface area contributed by atoms with Gasteiger partial charge in [0, 0.05) is 0 Å². The first-order valence-electron chi connectivity index (χ1n) is 5.31. The molecule has 0 amide bonds. The van der Waals surface area contributed by atoms with Crippen molar-refractivity contribution in [3.05, 3.63) is 73.7 Å². The summed E-state index contributed by atoms with van der Waals surface area (Å²) in [6.45, 7) is 4.37. The second-order valence-corrected chi connectivity index (χ2v) is 3.09. The van der Waals surface area contributed by atoms with Crippen LogP contribution in [0.3, 0.4) is 0 Å². The van der Waals surface area contributed by atoms with Gasteiger partial charge in [-0.25, -0.2) is 0 Å². The number of hydrogen-bond acceptors (Lipinski definition) is 1. The fraction of sp³-hybridized carbons (Fsp3) is 0.133. The zero-order valence-corrected chi connectivity index (χ0v) is 14.9. The van der Waals surface area contributed by atoms with E-state index in [9.17, 15) is 0 Å². The van der Waals surface area contributed by atoms with E-state index in [0.717, 1.165) is 12.2 Å². The predicted octanol–water partition coefficient (Wildman–Crippen LogP) is -2.60. The molecule has 0 atom stereocenters. The standard InChI is InChI=1S/C9H11O.C6H5.2ClH.Sn/c1-2-8-10-9-6-4-3-5-7-9;1-2-4-6-5-3-1;;;/h3-7H,1-2,8H2;1-5H;2*1H;/q;;;;+2/p-2. The van der Waals surface area contributed by atoms with Gasteiger partial charge >= 0.3 is 23.9 Å². The van der Waals surface area contributed by atoms with Crippen LogP contribution in [0, 0.1) is 13.0 Å². The van der Waals surface area contributed by atoms with E-state index in [1.54, 1.807) is 0 Å². The number of hydrogen-bond donors (Lipinski definition) is 0. The summed E-state index contributed by atoms with van der Waals surface area (Å²) in [7, 11) is 0. The van der Waals surface area contributed by atoms with E-state index in [4.69, 9.17) is 4.74 Å². The van der Waals surface area contributed by atoms with Gasteiger partial charge in [0.1, 0.15) is 5.75 Å². The monoisotopic (exact) mass is 402 g/mol. The van der Waals surface area contributed by atoms with Crippen molar-refractivity contribution in [2.45, 2.75) is 6.42 Å². The second-order valence-electron chi connectivity index (χ2n) is 3.09. The molecule has 0 bridgehead atoms. The van der Waals surface area contributed by atoms with Gasteiger partial charge in [-0.05, 0) is 31.5 Å². The SMILES string of the molecule is [CH2]CCOc1ccccc1.[Cl-].[Cl-].[Sn+2].[c]1ccccc1. The van der Waals surface area contributed by atoms with Gasteiger partial charge in [0.25, 0.3) is 0 Å². The van der Waals surface area contributed by atoms with Crippen LogP contribution < -0.4 is 29.6 Å². The molecule has 0 aliphatic heterocycles. The third-order valence-electron chi connectivity index (χ3n) is 1.76. The summed E-state index contributed by atoms with van der Waals surface area (Å²) in [5.74, 6) is 0.922. The van der Waals surface area contributed by atoms with Crippen LogP contribution in [0.1, 0.15) is 6.42 Å². The first-order valence-corrected chi connectivity index (χ1v) is 5.31. The Morgan fingerprint density at radius 2 is 1.42 bits per heavy atom. The summed E-state index contributed by atoms with van der Waals surface area (Å²) >= 11 is 0. The van der Waals surface area contributed by atoms with Crippen molar-refractivity contribution in [2.75, 3.05) is 6.61 Å². The Hall–Kier alpha value is -0.381. The van der Waals surface area contributed by atoms with Crippen LogP contribution in [0.2, 0.25) is 0 Å². The van der Waals surface area contributed by atoms with E-state index in [0.29, 0.717) is 6.61 Å². The van der Waals surface area contributed by atoms with Crippen LogP contribution >= 0.6 is 0 Å². The molecule has 0 aromatic heterocycles. The van der Waals surface area contributed by atoms with Crippen molar-refractivity contribution in [2.24, 2.45) is 0 Å². The van der Waals surface area contributed by atoms with Gasteiger partial charge in [-0.2, -0.15) is 0 Å². The third-order valence-corrected chi connectivity index (χ3v) is 1.76. The van der Waals surface area contributed by atoms with E-state index in [1.165, 1.54) is 0 Å². The van der Waals surface area contributed by atoms with Crippen LogP contribution in [0.25, 0.3) is 0 Å². The molecule has 0 saturated heterocycles. The summed E-state index contributed by atoms with van der Waals surface area (Å²) < 4.78 is 5.29. The Kier molecular flexibility index (Phi) is 22.0. The largest absolute Gasteiger partial charge is 2.00 e. The van der Waals surface area contributed by atoms with Crippen molar-refractivity contribution < 1.29 is 29.6 Å². The van der Waals surface area contributed by atoms with Crippen molar-refractivity contribution >= 4 is 23.9 Å². The maximum Gasteiger partial charge on any atom is 2.00 e. The van der Waals surface area contributed by atoms with E-state index in [1.807, 2.05) is 60.7 Å². The van der Waals surface area contributed by atoms with Crippen LogP contribution in [0.15, 0.2) is 60.7 Å². The van der Waals surface area contributed by atoms with Gasteiger partial charge in [-0.1, -0.05) is 48.5 Å². The summed E-state index contributed by atoms with van der Waals surface area (Å²) in [5, 5.41) is 0. The summed E-state index contributed by atoms with van der Waals surface area (Å²) in [4.78, 5) is 0. The van der Waals surface area contributed by atoms with Gasteiger partial charge in [-0.3, -0.25) is 0 Å². The molecule has 0 aliphatic rings. The average molecular weight is 402 g/mol. The molecule has 0 spiro atoms. The summed E-state index contributed by atoms with van der Waals surface area (Å²) in [5.41, 5.74) is 0. The Bertz CT molecular complexity index is 330. The van der Waals surface area contributed by atoms with E-state index < -0.39 is 0 Å². The fourth-order valence-electron chi connectivity index (χ4n) is 1.05. The zero-order valence-electron chi connectivity index (χ0n) is 10.6. The molecule has 0 aliphatic carbocycles. The van der Waals surface area contributed by atoms with Gasteiger partial charge in [0.05, 0.1) is 6.61 Å². The first-order chi connectivity index (χ1) is 7.93. The van der Waals surface area contributed by atoms with Crippen molar-refractivity contribution in [3.63, 3.8) is 0 Å². The minimum atomic E-state index is 0. The second kappa shape index (κ2) is 17.6. The topological polar surface area (TPSA) is 9.23 Å². The Labute approximate surface area is 145 Å². The predicted molar refractivity (Wildman–Crippen MR) is 72.9 cm³/mol. The Morgan fingerprint density at radius 1 is 0.895 bits per heavy atom. The maximum atomic E-state index is 5.29. The summed E-state index contributed by atoms with van der Waals surface area (Å²) in [6, 6.07) is 22.3. The first kappa shape index (κ1) is 23.7. The molecule has 4 heteroatoms. The van der Waals surface area contributed by atoms with Crippen LogP contribution in [-0.4, -0.2) is 30.5 Å². The minimum absolute atomic E-state index is 0. The van der Waals surface area contributed by atoms with Crippen LogP contribution in [-0.2, 0) is 0 Å². The number of rotatable bonds is 3. The third kappa shape index (κ3) is 13.8. The molecule has 19 heavy (non-hydrogen) atoms. The van der Waals surface area contributed by atoms with E-state index >= 15 is 0 Å². The van der Waals surface area contributed by atoms with Crippen molar-refractivity contribution in [1.29, 1.82) is 0 Å². The molecule has 4 radical (unpaired) electrons. The molecule has 2 aromatic rings. The number of para-hydroxylation sites is 1. The fourth-order valence-corrected chi connectivity index (χ4v) is 1.05. The maximum absolute atomic E-state index is 5.29. The van der Waals surface area contributed by atoms with Crippen molar-refractivity contribution in [1.82, 2.24) is 0 Å². The Balaban J connectivity index is -0.000000252. The number of ether oxygens (including phenoxy) is 1. The smallest absolute Gasteiger partial charge is 1.00 e. The Morgan fingerprint density at radius 3 is 1.79 bits per heavy atom. The molecule has 0 fully saturated rings. The van der Waals surface area contributed by atoms with Crippen molar-refractivity contribution in [3.8, 4) is 5.75 Å². The van der Waals surface area contributed by atoms with Crippen LogP contribution in [0.4, 0.5) is 0 Å². The molecule has 100 valence electrons. The van der Waals surface area contributed by atoms with Crippen LogP contribution in [0.5, 0.6) is 5.75 Å². The summed E-state index contributed by atoms with van der Waals surface area (Å²) in [6.07, 6.45) is 0.814. The number of benzene rings is 2. The van der Waals surface area contributed by atoms with Gasteiger partial charge in [-0.15, -0.1) is 0 Å². The van der Waals surface area contributed by atoms with Gasteiger partial charge < -0.3 is 29.6 Å². The molecular formula is C15H16Cl2OSn. The molecule has 0 N–H and O–H groups in total. The molecule has 0 saturated carbocycles. The molecule has 2 rings (SSSR count). The zero-order chi connectivity index (χ0) is 11.5. The number of halogens is 2.